The van der Waals surface area contributed by atoms with Crippen LogP contribution in [0, 0.1) is 0 Å². The molecule has 0 spiro atoms. The molecule has 1 fully saturated rings. The van der Waals surface area contributed by atoms with Crippen molar-refractivity contribution >= 4 is 21.8 Å². The molecule has 0 bridgehead atoms. The molecule has 1 heterocycles. The number of nitrogens with one attached hydrogen (secondary N) is 1. The Labute approximate surface area is 121 Å². The Morgan fingerprint density at radius 1 is 1.38 bits per heavy atom. The van der Waals surface area contributed by atoms with Gasteiger partial charge in [0.2, 0.25) is 0 Å². The summed E-state index contributed by atoms with van der Waals surface area (Å²) in [6.45, 7) is 0. The normalized spacial score (nSPS) is 16.1. The number of sulfonamides is 1. The van der Waals surface area contributed by atoms with E-state index in [-0.39, 0.29) is 18.4 Å². The van der Waals surface area contributed by atoms with E-state index in [1.807, 2.05) is 0 Å². The van der Waals surface area contributed by atoms with E-state index in [0.717, 1.165) is 0 Å². The molecule has 0 aromatic carbocycles. The fourth-order valence-corrected chi connectivity index (χ4v) is 2.78. The van der Waals surface area contributed by atoms with E-state index < -0.39 is 32.5 Å². The van der Waals surface area contributed by atoms with Gasteiger partial charge in [-0.25, -0.2) is 14.1 Å². The largest absolute Gasteiger partial charge is 0.345 e. The Hall–Kier alpha value is -2.03. The van der Waals surface area contributed by atoms with Crippen molar-refractivity contribution in [1.29, 1.82) is 0 Å². The van der Waals surface area contributed by atoms with E-state index in [1.165, 1.54) is 37.3 Å². The summed E-state index contributed by atoms with van der Waals surface area (Å²) >= 11 is 0. The van der Waals surface area contributed by atoms with Crippen LogP contribution >= 0.6 is 0 Å². The summed E-state index contributed by atoms with van der Waals surface area (Å²) in [6.07, 6.45) is 1.15. The minimum Gasteiger partial charge on any atom is -0.345 e. The molecule has 9 heteroatoms. The highest BCUT2D eigenvalue weighted by Crippen LogP contribution is 2.40. The highest BCUT2D eigenvalue weighted by Gasteiger charge is 2.52. The number of halogens is 1. The first kappa shape index (κ1) is 15.4. The number of hydrogen-bond acceptors (Lipinski definition) is 5. The Morgan fingerprint density at radius 2 is 2.00 bits per heavy atom. The third kappa shape index (κ3) is 3.02. The van der Waals surface area contributed by atoms with Crippen molar-refractivity contribution in [3.05, 3.63) is 23.9 Å². The Balaban J connectivity index is 2.36. The molecule has 2 amide bonds. The maximum atomic E-state index is 13.6. The Morgan fingerprint density at radius 3 is 2.52 bits per heavy atom. The van der Waals surface area contributed by atoms with Gasteiger partial charge in [0.1, 0.15) is 0 Å². The van der Waals surface area contributed by atoms with Crippen molar-refractivity contribution in [1.82, 2.24) is 14.6 Å². The zero-order valence-electron chi connectivity index (χ0n) is 11.5. The number of nitrogens with zero attached hydrogens (tertiary/aromatic N) is 2. The first-order chi connectivity index (χ1) is 9.67. The quantitative estimate of drug-likeness (QED) is 0.849. The van der Waals surface area contributed by atoms with Gasteiger partial charge in [-0.15, -0.1) is 0 Å². The molecule has 0 atom stereocenters. The van der Waals surface area contributed by atoms with Crippen LogP contribution in [0.25, 0.3) is 0 Å². The maximum Gasteiger partial charge on any atom is 0.282 e. The van der Waals surface area contributed by atoms with Gasteiger partial charge in [-0.1, -0.05) is 0 Å². The Kier molecular flexibility index (Phi) is 3.70. The lowest BCUT2D eigenvalue weighted by atomic mass is 10.2. The molecular weight excluding hydrogens is 301 g/mol. The second-order valence-corrected chi connectivity index (χ2v) is 6.55. The molecule has 114 valence electrons. The summed E-state index contributed by atoms with van der Waals surface area (Å²) in [5, 5.41) is -0.596. The van der Waals surface area contributed by atoms with Gasteiger partial charge in [-0.05, 0) is 25.0 Å². The van der Waals surface area contributed by atoms with Crippen molar-refractivity contribution in [2.24, 2.45) is 0 Å². The summed E-state index contributed by atoms with van der Waals surface area (Å²) in [7, 11) is -1.51. The SMILES string of the molecule is CN(C)C(=O)c1cccnc1S(=O)(=O)NC(=O)C1(F)CC1. The third-order valence-electron chi connectivity index (χ3n) is 2.99. The zero-order chi connectivity index (χ0) is 15.8. The van der Waals surface area contributed by atoms with Gasteiger partial charge in [-0.2, -0.15) is 8.42 Å². The lowest BCUT2D eigenvalue weighted by Crippen LogP contribution is -2.39. The monoisotopic (exact) mass is 315 g/mol. The summed E-state index contributed by atoms with van der Waals surface area (Å²) in [4.78, 5) is 28.3. The molecule has 1 saturated carbocycles. The highest BCUT2D eigenvalue weighted by atomic mass is 32.2. The van der Waals surface area contributed by atoms with Crippen LogP contribution in [0.1, 0.15) is 23.2 Å². The molecule has 0 aliphatic heterocycles. The number of carbonyl (C=O) groups excluding carboxylic acids is 2. The van der Waals surface area contributed by atoms with Crippen LogP contribution in [0.15, 0.2) is 23.4 Å². The van der Waals surface area contributed by atoms with Crippen molar-refractivity contribution in [3.63, 3.8) is 0 Å². The predicted molar refractivity (Wildman–Crippen MR) is 70.7 cm³/mol. The van der Waals surface area contributed by atoms with Gasteiger partial charge in [0.25, 0.3) is 21.8 Å². The molecule has 0 saturated heterocycles. The van der Waals surface area contributed by atoms with Crippen LogP contribution in [0.5, 0.6) is 0 Å². The molecule has 0 unspecified atom stereocenters. The van der Waals surface area contributed by atoms with Crippen LogP contribution in [0.2, 0.25) is 0 Å². The molecule has 0 radical (unpaired) electrons. The van der Waals surface area contributed by atoms with Crippen LogP contribution in [0.4, 0.5) is 4.39 Å². The standard InChI is InChI=1S/C12H14FN3O4S/c1-16(2)10(17)8-4-3-7-14-9(8)21(19,20)15-11(18)12(13)5-6-12/h3-4,7H,5-6H2,1-2H3,(H,15,18). The van der Waals surface area contributed by atoms with Gasteiger partial charge >= 0.3 is 0 Å². The van der Waals surface area contributed by atoms with Crippen molar-refractivity contribution in [2.75, 3.05) is 14.1 Å². The molecule has 1 aliphatic carbocycles. The van der Waals surface area contributed by atoms with E-state index in [0.29, 0.717) is 0 Å². The van der Waals surface area contributed by atoms with Crippen molar-refractivity contribution in [2.45, 2.75) is 23.5 Å². The van der Waals surface area contributed by atoms with Crippen molar-refractivity contribution < 1.29 is 22.4 Å². The first-order valence-electron chi connectivity index (χ1n) is 6.10. The van der Waals surface area contributed by atoms with E-state index >= 15 is 0 Å². The van der Waals surface area contributed by atoms with E-state index in [4.69, 9.17) is 0 Å². The second-order valence-electron chi connectivity index (χ2n) is 4.96. The number of alkyl halides is 1. The summed E-state index contributed by atoms with van der Waals surface area (Å²) in [5.74, 6) is -1.81. The smallest absolute Gasteiger partial charge is 0.282 e. The lowest BCUT2D eigenvalue weighted by Gasteiger charge is -2.14. The van der Waals surface area contributed by atoms with Crippen LogP contribution in [-0.2, 0) is 14.8 Å². The molecule has 7 nitrogen and oxygen atoms in total. The number of hydrogen-bond donors (Lipinski definition) is 1. The predicted octanol–water partition coefficient (Wildman–Crippen LogP) is 0.0904. The maximum absolute atomic E-state index is 13.6. The number of rotatable bonds is 4. The minimum atomic E-state index is -4.41. The zero-order valence-corrected chi connectivity index (χ0v) is 12.3. The van der Waals surface area contributed by atoms with Gasteiger partial charge in [0.05, 0.1) is 5.56 Å². The van der Waals surface area contributed by atoms with Crippen molar-refractivity contribution in [3.8, 4) is 0 Å². The third-order valence-corrected chi connectivity index (χ3v) is 4.27. The number of pyridine rings is 1. The molecule has 1 N–H and O–H groups in total. The molecule has 21 heavy (non-hydrogen) atoms. The van der Waals surface area contributed by atoms with E-state index in [1.54, 1.807) is 4.72 Å². The van der Waals surface area contributed by atoms with Crippen LogP contribution in [-0.4, -0.2) is 49.9 Å². The summed E-state index contributed by atoms with van der Waals surface area (Å²) < 4.78 is 39.5. The first-order valence-corrected chi connectivity index (χ1v) is 7.58. The van der Waals surface area contributed by atoms with Crippen LogP contribution < -0.4 is 4.72 Å². The molecule has 1 aromatic rings. The number of carbonyl (C=O) groups is 2. The number of amides is 2. The van der Waals surface area contributed by atoms with Crippen LogP contribution in [0.3, 0.4) is 0 Å². The van der Waals surface area contributed by atoms with Gasteiger partial charge in [0, 0.05) is 20.3 Å². The summed E-state index contributed by atoms with van der Waals surface area (Å²) in [5.41, 5.74) is -2.32. The highest BCUT2D eigenvalue weighted by molar-refractivity contribution is 7.90. The molecule has 2 rings (SSSR count). The van der Waals surface area contributed by atoms with E-state index in [9.17, 15) is 22.4 Å². The average Bonchev–Trinajstić information content (AvgIpc) is 3.17. The average molecular weight is 315 g/mol. The van der Waals surface area contributed by atoms with E-state index in [2.05, 4.69) is 4.98 Å². The van der Waals surface area contributed by atoms with Gasteiger partial charge in [-0.3, -0.25) is 9.59 Å². The second kappa shape index (κ2) is 5.06. The van der Waals surface area contributed by atoms with Gasteiger partial charge in [0.15, 0.2) is 10.7 Å². The summed E-state index contributed by atoms with van der Waals surface area (Å²) in [6, 6.07) is 2.67. The molecule has 1 aromatic heterocycles. The van der Waals surface area contributed by atoms with Gasteiger partial charge < -0.3 is 4.90 Å². The lowest BCUT2D eigenvalue weighted by molar-refractivity contribution is -0.125. The fourth-order valence-electron chi connectivity index (χ4n) is 1.61. The Bertz CT molecular complexity index is 698. The topological polar surface area (TPSA) is 96.4 Å². The fraction of sp³-hybridized carbons (Fsp3) is 0.417. The molecule has 1 aliphatic rings. The number of aromatic nitrogens is 1. The molecular formula is C12H14FN3O4S. The minimum absolute atomic E-state index is 0.0138.